The molecular weight excluding hydrogens is 246 g/mol. The van der Waals surface area contributed by atoms with Crippen LogP contribution in [0.1, 0.15) is 18.4 Å². The standard InChI is InChI=1S/C12H17N5S/c1-3-10-16-11(13-2)6-12(17-10)14-5-4-9-7-18-8-15-9/h6-8H,3-5H2,1-2H3,(H2,13,14,16,17). The molecule has 2 aromatic heterocycles. The largest absolute Gasteiger partial charge is 0.373 e. The van der Waals surface area contributed by atoms with Crippen molar-refractivity contribution in [3.8, 4) is 0 Å². The predicted molar refractivity (Wildman–Crippen MR) is 75.3 cm³/mol. The molecule has 2 aromatic rings. The molecule has 2 rings (SSSR count). The average Bonchev–Trinajstić information content (AvgIpc) is 2.91. The molecule has 2 heterocycles. The SMILES string of the molecule is CCc1nc(NC)cc(NCCc2cscn2)n1. The van der Waals surface area contributed by atoms with Crippen molar-refractivity contribution in [1.29, 1.82) is 0 Å². The van der Waals surface area contributed by atoms with E-state index in [-0.39, 0.29) is 0 Å². The third kappa shape index (κ3) is 3.40. The molecule has 0 aliphatic carbocycles. The highest BCUT2D eigenvalue weighted by Gasteiger charge is 2.02. The van der Waals surface area contributed by atoms with Gasteiger partial charge in [-0.25, -0.2) is 15.0 Å². The van der Waals surface area contributed by atoms with Gasteiger partial charge in [0, 0.05) is 37.9 Å². The third-order valence-electron chi connectivity index (χ3n) is 2.52. The number of thiazole rings is 1. The summed E-state index contributed by atoms with van der Waals surface area (Å²) < 4.78 is 0. The van der Waals surface area contributed by atoms with Gasteiger partial charge in [-0.1, -0.05) is 6.92 Å². The Hall–Kier alpha value is -1.69. The van der Waals surface area contributed by atoms with Gasteiger partial charge in [0.05, 0.1) is 11.2 Å². The van der Waals surface area contributed by atoms with Crippen LogP contribution in [-0.2, 0) is 12.8 Å². The van der Waals surface area contributed by atoms with Gasteiger partial charge in [0.2, 0.25) is 0 Å². The smallest absolute Gasteiger partial charge is 0.132 e. The van der Waals surface area contributed by atoms with E-state index in [0.29, 0.717) is 0 Å². The third-order valence-corrected chi connectivity index (χ3v) is 3.15. The van der Waals surface area contributed by atoms with Crippen LogP contribution in [-0.4, -0.2) is 28.5 Å². The molecule has 96 valence electrons. The Morgan fingerprint density at radius 3 is 2.78 bits per heavy atom. The van der Waals surface area contributed by atoms with Crippen molar-refractivity contribution >= 4 is 23.0 Å². The second kappa shape index (κ2) is 6.30. The fraction of sp³-hybridized carbons (Fsp3) is 0.417. The van der Waals surface area contributed by atoms with Crippen molar-refractivity contribution in [2.75, 3.05) is 24.2 Å². The lowest BCUT2D eigenvalue weighted by Crippen LogP contribution is -2.09. The van der Waals surface area contributed by atoms with E-state index in [9.17, 15) is 0 Å². The molecule has 0 radical (unpaired) electrons. The lowest BCUT2D eigenvalue weighted by atomic mass is 10.3. The highest BCUT2D eigenvalue weighted by Crippen LogP contribution is 2.11. The van der Waals surface area contributed by atoms with Crippen LogP contribution in [0.25, 0.3) is 0 Å². The molecule has 0 aliphatic heterocycles. The van der Waals surface area contributed by atoms with Gasteiger partial charge in [-0.3, -0.25) is 0 Å². The molecule has 0 aromatic carbocycles. The van der Waals surface area contributed by atoms with Crippen LogP contribution >= 0.6 is 11.3 Å². The van der Waals surface area contributed by atoms with E-state index < -0.39 is 0 Å². The van der Waals surface area contributed by atoms with Gasteiger partial charge < -0.3 is 10.6 Å². The molecule has 0 amide bonds. The van der Waals surface area contributed by atoms with Crippen molar-refractivity contribution in [2.45, 2.75) is 19.8 Å². The number of nitrogens with zero attached hydrogens (tertiary/aromatic N) is 3. The summed E-state index contributed by atoms with van der Waals surface area (Å²) in [5.74, 6) is 2.55. The quantitative estimate of drug-likeness (QED) is 0.836. The van der Waals surface area contributed by atoms with E-state index in [1.807, 2.05) is 25.5 Å². The zero-order chi connectivity index (χ0) is 12.8. The minimum absolute atomic E-state index is 0.826. The summed E-state index contributed by atoms with van der Waals surface area (Å²) in [5, 5.41) is 8.42. The molecule has 0 atom stereocenters. The van der Waals surface area contributed by atoms with Gasteiger partial charge in [-0.2, -0.15) is 0 Å². The zero-order valence-electron chi connectivity index (χ0n) is 10.6. The molecule has 0 fully saturated rings. The summed E-state index contributed by atoms with van der Waals surface area (Å²) in [5.41, 5.74) is 2.97. The summed E-state index contributed by atoms with van der Waals surface area (Å²) in [6.45, 7) is 2.88. The summed E-state index contributed by atoms with van der Waals surface area (Å²) in [4.78, 5) is 13.0. The van der Waals surface area contributed by atoms with Crippen LogP contribution in [0, 0.1) is 0 Å². The van der Waals surface area contributed by atoms with Crippen molar-refractivity contribution in [3.63, 3.8) is 0 Å². The van der Waals surface area contributed by atoms with Crippen molar-refractivity contribution < 1.29 is 0 Å². The molecule has 0 bridgehead atoms. The van der Waals surface area contributed by atoms with Gasteiger partial charge >= 0.3 is 0 Å². The maximum Gasteiger partial charge on any atom is 0.132 e. The van der Waals surface area contributed by atoms with E-state index in [2.05, 4.69) is 31.0 Å². The second-order valence-electron chi connectivity index (χ2n) is 3.81. The first-order valence-corrected chi connectivity index (χ1v) is 6.92. The molecule has 0 unspecified atom stereocenters. The Morgan fingerprint density at radius 1 is 1.28 bits per heavy atom. The number of nitrogens with one attached hydrogen (secondary N) is 2. The first-order chi connectivity index (χ1) is 8.81. The van der Waals surface area contributed by atoms with Crippen LogP contribution in [0.4, 0.5) is 11.6 Å². The maximum atomic E-state index is 4.44. The minimum atomic E-state index is 0.826. The number of rotatable bonds is 6. The monoisotopic (exact) mass is 263 g/mol. The first-order valence-electron chi connectivity index (χ1n) is 5.98. The molecular formula is C12H17N5S. The normalized spacial score (nSPS) is 10.3. The van der Waals surface area contributed by atoms with E-state index in [1.54, 1.807) is 11.3 Å². The van der Waals surface area contributed by atoms with Crippen molar-refractivity contribution in [2.24, 2.45) is 0 Å². The summed E-state index contributed by atoms with van der Waals surface area (Å²) >= 11 is 1.62. The van der Waals surface area contributed by atoms with Crippen LogP contribution in [0.5, 0.6) is 0 Å². The molecule has 2 N–H and O–H groups in total. The van der Waals surface area contributed by atoms with Gasteiger partial charge in [0.25, 0.3) is 0 Å². The molecule has 0 spiro atoms. The predicted octanol–water partition coefficient (Wildman–Crippen LogP) is 2.19. The van der Waals surface area contributed by atoms with E-state index >= 15 is 0 Å². The van der Waals surface area contributed by atoms with Crippen LogP contribution < -0.4 is 10.6 Å². The molecule has 0 saturated carbocycles. The Labute approximate surface area is 111 Å². The maximum absolute atomic E-state index is 4.44. The average molecular weight is 263 g/mol. The van der Waals surface area contributed by atoms with E-state index in [0.717, 1.165) is 42.5 Å². The highest BCUT2D eigenvalue weighted by molar-refractivity contribution is 7.07. The summed E-state index contributed by atoms with van der Waals surface area (Å²) in [7, 11) is 1.86. The highest BCUT2D eigenvalue weighted by atomic mass is 32.1. The number of aromatic nitrogens is 3. The lowest BCUT2D eigenvalue weighted by molar-refractivity contribution is 0.920. The molecule has 5 nitrogen and oxygen atoms in total. The number of hydrogen-bond donors (Lipinski definition) is 2. The van der Waals surface area contributed by atoms with Crippen molar-refractivity contribution in [3.05, 3.63) is 28.5 Å². The van der Waals surface area contributed by atoms with E-state index in [4.69, 9.17) is 0 Å². The molecule has 18 heavy (non-hydrogen) atoms. The summed E-state index contributed by atoms with van der Waals surface area (Å²) in [6.07, 6.45) is 1.74. The number of aryl methyl sites for hydroxylation is 1. The second-order valence-corrected chi connectivity index (χ2v) is 4.53. The molecule has 0 saturated heterocycles. The zero-order valence-corrected chi connectivity index (χ0v) is 11.4. The lowest BCUT2D eigenvalue weighted by Gasteiger charge is -2.08. The molecule has 6 heteroatoms. The van der Waals surface area contributed by atoms with Crippen LogP contribution in [0.3, 0.4) is 0 Å². The van der Waals surface area contributed by atoms with Gasteiger partial charge in [0.15, 0.2) is 0 Å². The minimum Gasteiger partial charge on any atom is -0.373 e. The van der Waals surface area contributed by atoms with Gasteiger partial charge in [-0.15, -0.1) is 11.3 Å². The summed E-state index contributed by atoms with van der Waals surface area (Å²) in [6, 6.07) is 1.92. The van der Waals surface area contributed by atoms with E-state index in [1.165, 1.54) is 0 Å². The fourth-order valence-corrected chi connectivity index (χ4v) is 2.15. The van der Waals surface area contributed by atoms with Crippen LogP contribution in [0.2, 0.25) is 0 Å². The Bertz CT molecular complexity index is 461. The fourth-order valence-electron chi connectivity index (χ4n) is 1.55. The Morgan fingerprint density at radius 2 is 2.11 bits per heavy atom. The Balaban J connectivity index is 1.95. The van der Waals surface area contributed by atoms with Gasteiger partial charge in [0.1, 0.15) is 17.5 Å². The van der Waals surface area contributed by atoms with Crippen LogP contribution in [0.15, 0.2) is 17.0 Å². The topological polar surface area (TPSA) is 62.7 Å². The van der Waals surface area contributed by atoms with Crippen molar-refractivity contribution in [1.82, 2.24) is 15.0 Å². The van der Waals surface area contributed by atoms with Gasteiger partial charge in [-0.05, 0) is 0 Å². The Kier molecular flexibility index (Phi) is 4.46. The number of hydrogen-bond acceptors (Lipinski definition) is 6. The number of anilines is 2. The first kappa shape index (κ1) is 12.8. The molecule has 0 aliphatic rings.